The van der Waals surface area contributed by atoms with Crippen molar-refractivity contribution in [3.8, 4) is 0 Å². The van der Waals surface area contributed by atoms with Crippen LogP contribution in [-0.2, 0) is 9.59 Å². The molecule has 1 rings (SSSR count). The standard InChI is InChI=1S/C13H24N2O3/c1-12(2,3)6-10(17)14-7-11(18)15-8-13(9-16)4-5-13/h16H,4-9H2,1-3H3,(H,14,17)(H,15,18). The number of amides is 2. The molecule has 0 spiro atoms. The highest BCUT2D eigenvalue weighted by atomic mass is 16.3. The van der Waals surface area contributed by atoms with E-state index in [1.807, 2.05) is 20.8 Å². The Labute approximate surface area is 108 Å². The number of hydrogen-bond acceptors (Lipinski definition) is 3. The summed E-state index contributed by atoms with van der Waals surface area (Å²) < 4.78 is 0. The number of carbonyl (C=O) groups excluding carboxylic acids is 2. The number of rotatable bonds is 6. The average molecular weight is 256 g/mol. The highest BCUT2D eigenvalue weighted by molar-refractivity contribution is 5.84. The van der Waals surface area contributed by atoms with Crippen molar-refractivity contribution in [1.82, 2.24) is 10.6 Å². The molecule has 0 bridgehead atoms. The maximum absolute atomic E-state index is 11.5. The lowest BCUT2D eigenvalue weighted by atomic mass is 9.92. The number of hydrogen-bond donors (Lipinski definition) is 3. The monoisotopic (exact) mass is 256 g/mol. The third kappa shape index (κ3) is 5.49. The molecule has 2 amide bonds. The van der Waals surface area contributed by atoms with Crippen LogP contribution < -0.4 is 10.6 Å². The van der Waals surface area contributed by atoms with Gasteiger partial charge in [-0.05, 0) is 18.3 Å². The van der Waals surface area contributed by atoms with Crippen molar-refractivity contribution < 1.29 is 14.7 Å². The van der Waals surface area contributed by atoms with Crippen LogP contribution in [0.25, 0.3) is 0 Å². The molecule has 1 aliphatic rings. The lowest BCUT2D eigenvalue weighted by molar-refractivity contribution is -0.127. The molecule has 5 heteroatoms. The van der Waals surface area contributed by atoms with Gasteiger partial charge in [0.15, 0.2) is 0 Å². The maximum Gasteiger partial charge on any atom is 0.239 e. The number of nitrogens with one attached hydrogen (secondary N) is 2. The first-order valence-electron chi connectivity index (χ1n) is 6.41. The van der Waals surface area contributed by atoms with Gasteiger partial charge in [0.25, 0.3) is 0 Å². The number of aliphatic hydroxyl groups excluding tert-OH is 1. The Bertz CT molecular complexity index is 317. The quantitative estimate of drug-likeness (QED) is 0.645. The molecule has 0 heterocycles. The zero-order valence-corrected chi connectivity index (χ0v) is 11.5. The third-order valence-corrected chi connectivity index (χ3v) is 3.09. The van der Waals surface area contributed by atoms with Crippen molar-refractivity contribution in [3.05, 3.63) is 0 Å². The van der Waals surface area contributed by atoms with E-state index in [-0.39, 0.29) is 35.8 Å². The van der Waals surface area contributed by atoms with Crippen molar-refractivity contribution >= 4 is 11.8 Å². The van der Waals surface area contributed by atoms with E-state index in [4.69, 9.17) is 5.11 Å². The fourth-order valence-corrected chi connectivity index (χ4v) is 1.64. The summed E-state index contributed by atoms with van der Waals surface area (Å²) in [7, 11) is 0. The Balaban J connectivity index is 2.15. The summed E-state index contributed by atoms with van der Waals surface area (Å²) in [6.45, 7) is 6.55. The molecule has 0 aromatic heterocycles. The molecular weight excluding hydrogens is 232 g/mol. The summed E-state index contributed by atoms with van der Waals surface area (Å²) in [5.74, 6) is -0.307. The normalized spacial score (nSPS) is 17.1. The Kier molecular flexibility index (Phi) is 4.73. The van der Waals surface area contributed by atoms with Gasteiger partial charge in [0.1, 0.15) is 0 Å². The molecule has 1 aliphatic carbocycles. The highest BCUT2D eigenvalue weighted by Gasteiger charge is 2.41. The molecular formula is C13H24N2O3. The van der Waals surface area contributed by atoms with E-state index in [9.17, 15) is 9.59 Å². The average Bonchev–Trinajstić information content (AvgIpc) is 3.02. The van der Waals surface area contributed by atoms with Gasteiger partial charge in [0, 0.05) is 18.4 Å². The summed E-state index contributed by atoms with van der Waals surface area (Å²) in [6, 6.07) is 0. The molecule has 0 aromatic carbocycles. The van der Waals surface area contributed by atoms with Crippen molar-refractivity contribution in [3.63, 3.8) is 0 Å². The van der Waals surface area contributed by atoms with E-state index in [0.717, 1.165) is 12.8 Å². The molecule has 0 radical (unpaired) electrons. The summed E-state index contributed by atoms with van der Waals surface area (Å²) in [6.07, 6.45) is 2.32. The zero-order valence-electron chi connectivity index (χ0n) is 11.5. The van der Waals surface area contributed by atoms with E-state index in [1.54, 1.807) is 0 Å². The van der Waals surface area contributed by atoms with Gasteiger partial charge in [-0.15, -0.1) is 0 Å². The van der Waals surface area contributed by atoms with Gasteiger partial charge in [-0.2, -0.15) is 0 Å². The minimum Gasteiger partial charge on any atom is -0.396 e. The third-order valence-electron chi connectivity index (χ3n) is 3.09. The van der Waals surface area contributed by atoms with E-state index in [1.165, 1.54) is 0 Å². The molecule has 3 N–H and O–H groups in total. The van der Waals surface area contributed by atoms with E-state index in [0.29, 0.717) is 13.0 Å². The van der Waals surface area contributed by atoms with E-state index < -0.39 is 0 Å². The number of carbonyl (C=O) groups is 2. The second kappa shape index (κ2) is 5.69. The molecule has 104 valence electrons. The Morgan fingerprint density at radius 3 is 2.22 bits per heavy atom. The molecule has 0 aromatic rings. The molecule has 0 unspecified atom stereocenters. The Hall–Kier alpha value is -1.10. The summed E-state index contributed by atoms with van der Waals surface area (Å²) >= 11 is 0. The second-order valence-electron chi connectivity index (χ2n) is 6.45. The lowest BCUT2D eigenvalue weighted by Gasteiger charge is -2.17. The SMILES string of the molecule is CC(C)(C)CC(=O)NCC(=O)NCC1(CO)CC1. The van der Waals surface area contributed by atoms with Crippen LogP contribution in [0, 0.1) is 10.8 Å². The molecule has 5 nitrogen and oxygen atoms in total. The Morgan fingerprint density at radius 1 is 1.17 bits per heavy atom. The van der Waals surface area contributed by atoms with Crippen LogP contribution in [0.5, 0.6) is 0 Å². The van der Waals surface area contributed by atoms with Crippen molar-refractivity contribution in [2.24, 2.45) is 10.8 Å². The van der Waals surface area contributed by atoms with Gasteiger partial charge in [0.2, 0.25) is 11.8 Å². The molecule has 1 saturated carbocycles. The largest absolute Gasteiger partial charge is 0.396 e. The fourth-order valence-electron chi connectivity index (χ4n) is 1.64. The van der Waals surface area contributed by atoms with Crippen molar-refractivity contribution in [2.45, 2.75) is 40.0 Å². The minimum absolute atomic E-state index is 0.0103. The maximum atomic E-state index is 11.5. The zero-order chi connectivity index (χ0) is 13.8. The van der Waals surface area contributed by atoms with Crippen molar-refractivity contribution in [1.29, 1.82) is 0 Å². The fraction of sp³-hybridized carbons (Fsp3) is 0.846. The molecule has 1 fully saturated rings. The first kappa shape index (κ1) is 15.0. The predicted octanol–water partition coefficient (Wildman–Crippen LogP) is 0.428. The molecule has 18 heavy (non-hydrogen) atoms. The van der Waals surface area contributed by atoms with Crippen molar-refractivity contribution in [2.75, 3.05) is 19.7 Å². The topological polar surface area (TPSA) is 78.4 Å². The van der Waals surface area contributed by atoms with Gasteiger partial charge in [-0.3, -0.25) is 9.59 Å². The second-order valence-corrected chi connectivity index (χ2v) is 6.45. The van der Waals surface area contributed by atoms with Gasteiger partial charge in [-0.25, -0.2) is 0 Å². The van der Waals surface area contributed by atoms with Gasteiger partial charge < -0.3 is 15.7 Å². The first-order valence-corrected chi connectivity index (χ1v) is 6.41. The smallest absolute Gasteiger partial charge is 0.239 e. The molecule has 0 aliphatic heterocycles. The van der Waals surface area contributed by atoms with Crippen LogP contribution >= 0.6 is 0 Å². The summed E-state index contributed by atoms with van der Waals surface area (Å²) in [5.41, 5.74) is -0.166. The highest BCUT2D eigenvalue weighted by Crippen LogP contribution is 2.44. The van der Waals surface area contributed by atoms with Crippen LogP contribution in [-0.4, -0.2) is 36.6 Å². The number of aliphatic hydroxyl groups is 1. The van der Waals surface area contributed by atoms with Crippen LogP contribution in [0.15, 0.2) is 0 Å². The molecule has 0 atom stereocenters. The van der Waals surface area contributed by atoms with E-state index in [2.05, 4.69) is 10.6 Å². The predicted molar refractivity (Wildman–Crippen MR) is 68.8 cm³/mol. The minimum atomic E-state index is -0.197. The summed E-state index contributed by atoms with van der Waals surface area (Å²) in [4.78, 5) is 23.0. The van der Waals surface area contributed by atoms with Gasteiger partial charge in [-0.1, -0.05) is 20.8 Å². The van der Waals surface area contributed by atoms with Crippen LogP contribution in [0.2, 0.25) is 0 Å². The van der Waals surface area contributed by atoms with Crippen LogP contribution in [0.4, 0.5) is 0 Å². The Morgan fingerprint density at radius 2 is 1.78 bits per heavy atom. The molecule has 0 saturated heterocycles. The lowest BCUT2D eigenvalue weighted by Crippen LogP contribution is -2.40. The van der Waals surface area contributed by atoms with Crippen LogP contribution in [0.1, 0.15) is 40.0 Å². The van der Waals surface area contributed by atoms with E-state index >= 15 is 0 Å². The van der Waals surface area contributed by atoms with Gasteiger partial charge >= 0.3 is 0 Å². The first-order chi connectivity index (χ1) is 8.26. The van der Waals surface area contributed by atoms with Crippen LogP contribution in [0.3, 0.4) is 0 Å². The van der Waals surface area contributed by atoms with Gasteiger partial charge in [0.05, 0.1) is 13.2 Å². The summed E-state index contributed by atoms with van der Waals surface area (Å²) in [5, 5.41) is 14.4.